The molecule has 266 valence electrons. The lowest BCUT2D eigenvalue weighted by Gasteiger charge is -2.64. The van der Waals surface area contributed by atoms with Gasteiger partial charge >= 0.3 is 18.0 Å². The van der Waals surface area contributed by atoms with Gasteiger partial charge in [0.25, 0.3) is 0 Å². The smallest absolute Gasteiger partial charge is 0.408 e. The molecule has 5 unspecified atom stereocenters. The quantitative estimate of drug-likeness (QED) is 0.260. The maximum absolute atomic E-state index is 13.6. The monoisotopic (exact) mass is 708 g/mol. The Hall–Kier alpha value is -4.39. The summed E-state index contributed by atoms with van der Waals surface area (Å²) in [5.41, 5.74) is 3.81. The number of carbonyl (C=O) groups is 3. The Bertz CT molecular complexity index is 1750. The highest BCUT2D eigenvalue weighted by Crippen LogP contribution is 2.59. The zero-order valence-corrected chi connectivity index (χ0v) is 29.3. The van der Waals surface area contributed by atoms with Crippen LogP contribution in [0, 0.1) is 24.2 Å². The molecule has 1 aliphatic carbocycles. The summed E-state index contributed by atoms with van der Waals surface area (Å²) in [7, 11) is 3.48. The van der Waals surface area contributed by atoms with Gasteiger partial charge in [0.15, 0.2) is 23.0 Å². The lowest BCUT2D eigenvalue weighted by Crippen LogP contribution is -2.75. The van der Waals surface area contributed by atoms with E-state index in [1.165, 1.54) is 31.9 Å². The fourth-order valence-electron chi connectivity index (χ4n) is 8.87. The van der Waals surface area contributed by atoms with E-state index >= 15 is 0 Å². The highest BCUT2D eigenvalue weighted by atomic mass is 32.2. The second-order valence-corrected chi connectivity index (χ2v) is 14.5. The van der Waals surface area contributed by atoms with E-state index in [2.05, 4.69) is 27.8 Å². The molecular weight excluding hydrogens is 668 g/mol. The van der Waals surface area contributed by atoms with Gasteiger partial charge in [0.2, 0.25) is 6.79 Å². The summed E-state index contributed by atoms with van der Waals surface area (Å²) >= 11 is 1.40. The van der Waals surface area contributed by atoms with Gasteiger partial charge in [-0.25, -0.2) is 9.59 Å². The van der Waals surface area contributed by atoms with Crippen molar-refractivity contribution in [3.8, 4) is 17.6 Å². The first-order chi connectivity index (χ1) is 24.0. The number of esters is 2. The molecular formula is C35H40N4O10S. The number of hydrogen-bond acceptors (Lipinski definition) is 14. The van der Waals surface area contributed by atoms with Crippen LogP contribution in [0.15, 0.2) is 41.4 Å². The lowest BCUT2D eigenvalue weighted by atomic mass is 9.66. The van der Waals surface area contributed by atoms with Crippen LogP contribution in [-0.2, 0) is 39.7 Å². The van der Waals surface area contributed by atoms with Crippen molar-refractivity contribution in [2.24, 2.45) is 5.92 Å². The Morgan fingerprint density at radius 1 is 1.26 bits per heavy atom. The van der Waals surface area contributed by atoms with E-state index in [1.54, 1.807) is 0 Å². The second kappa shape index (κ2) is 13.1. The van der Waals surface area contributed by atoms with Gasteiger partial charge in [-0.05, 0) is 38.4 Å². The maximum atomic E-state index is 13.6. The predicted octanol–water partition coefficient (Wildman–Crippen LogP) is 2.60. The summed E-state index contributed by atoms with van der Waals surface area (Å²) < 4.78 is 35.0. The molecule has 8 rings (SSSR count). The minimum absolute atomic E-state index is 0.0340. The third-order valence-corrected chi connectivity index (χ3v) is 12.2. The maximum Gasteiger partial charge on any atom is 0.408 e. The van der Waals surface area contributed by atoms with Gasteiger partial charge < -0.3 is 38.8 Å². The van der Waals surface area contributed by atoms with E-state index in [-0.39, 0.29) is 37.6 Å². The number of nitrogens with one attached hydrogen (secondary N) is 1. The fourth-order valence-corrected chi connectivity index (χ4v) is 10.5. The number of piperazine rings is 1. The average Bonchev–Trinajstić information content (AvgIpc) is 3.57. The molecule has 2 N–H and O–H groups in total. The van der Waals surface area contributed by atoms with Crippen molar-refractivity contribution in [1.82, 2.24) is 15.1 Å². The van der Waals surface area contributed by atoms with Gasteiger partial charge in [0.1, 0.15) is 31.4 Å². The van der Waals surface area contributed by atoms with Crippen molar-refractivity contribution in [1.29, 1.82) is 5.26 Å². The number of likely N-dealkylation sites (N-methyl/N-ethyl adjacent to an activating group) is 1. The number of methoxy groups -OCH3 is 1. The summed E-state index contributed by atoms with van der Waals surface area (Å²) in [6, 6.07) is 0.901. The van der Waals surface area contributed by atoms with Crippen molar-refractivity contribution in [2.45, 2.75) is 74.8 Å². The lowest BCUT2D eigenvalue weighted by molar-refractivity contribution is -0.154. The highest BCUT2D eigenvalue weighted by molar-refractivity contribution is 8.00. The topological polar surface area (TPSA) is 169 Å². The Labute approximate surface area is 293 Å². The fraction of sp³-hybridized carbons (Fsp3) is 0.543. The molecule has 1 aromatic rings. The van der Waals surface area contributed by atoms with Crippen LogP contribution in [0.2, 0.25) is 0 Å². The number of ether oxygens (including phenoxy) is 6. The number of piperidine rings is 1. The molecule has 0 spiro atoms. The van der Waals surface area contributed by atoms with Crippen LogP contribution < -0.4 is 10.1 Å². The molecule has 15 heteroatoms. The molecule has 1 amide bonds. The molecule has 50 heavy (non-hydrogen) atoms. The molecule has 0 radical (unpaired) electrons. The average molecular weight is 709 g/mol. The van der Waals surface area contributed by atoms with Gasteiger partial charge in [0.05, 0.1) is 25.3 Å². The van der Waals surface area contributed by atoms with Gasteiger partial charge in [-0.3, -0.25) is 14.6 Å². The highest BCUT2D eigenvalue weighted by Gasteiger charge is 2.64. The SMILES string of the molecule is C=CCOC(=O)NC1CS[C@@H]2C3C(=C4OCOC4=C(C)C3OC(C)=O)[C@H](COC1=O)N1C2[C@H]2c3c(cc(C)c(OC)c3O)C[C@@H](C1C#N)N2C. The number of phenols is 1. The largest absolute Gasteiger partial charge is 0.504 e. The molecule has 6 aliphatic heterocycles. The van der Waals surface area contributed by atoms with Crippen LogP contribution in [0.5, 0.6) is 11.5 Å². The van der Waals surface area contributed by atoms with Crippen LogP contribution >= 0.6 is 11.8 Å². The number of carbonyl (C=O) groups excluding carboxylic acids is 3. The number of aromatic hydroxyl groups is 1. The van der Waals surface area contributed by atoms with E-state index < -0.39 is 65.5 Å². The number of phenolic OH excluding ortho intramolecular Hbond substituents is 1. The van der Waals surface area contributed by atoms with E-state index in [0.29, 0.717) is 34.8 Å². The summed E-state index contributed by atoms with van der Waals surface area (Å²) in [6.07, 6.45) is 0.331. The summed E-state index contributed by atoms with van der Waals surface area (Å²) in [5, 5.41) is 25.0. The zero-order chi connectivity index (χ0) is 35.6. The van der Waals surface area contributed by atoms with Crippen molar-refractivity contribution in [3.05, 3.63) is 58.1 Å². The first kappa shape index (κ1) is 34.1. The minimum Gasteiger partial charge on any atom is -0.504 e. The van der Waals surface area contributed by atoms with Gasteiger partial charge in [-0.2, -0.15) is 17.0 Å². The normalized spacial score (nSPS) is 32.9. The van der Waals surface area contributed by atoms with Crippen molar-refractivity contribution >= 4 is 29.8 Å². The Kier molecular flexibility index (Phi) is 8.90. The first-order valence-electron chi connectivity index (χ1n) is 16.5. The summed E-state index contributed by atoms with van der Waals surface area (Å²) in [4.78, 5) is 43.3. The van der Waals surface area contributed by atoms with E-state index in [0.717, 1.165) is 16.7 Å². The number of amides is 1. The van der Waals surface area contributed by atoms with E-state index in [9.17, 15) is 24.8 Å². The van der Waals surface area contributed by atoms with E-state index in [4.69, 9.17) is 28.4 Å². The first-order valence-corrected chi connectivity index (χ1v) is 17.6. The molecule has 7 aliphatic rings. The second-order valence-electron chi connectivity index (χ2n) is 13.3. The van der Waals surface area contributed by atoms with Crippen LogP contribution in [0.4, 0.5) is 4.79 Å². The molecule has 0 saturated carbocycles. The standard InChI is InChI=1S/C35H40N4O10S/c1-7-8-45-35(43)37-19-13-50-33-25-24(32-31(47-14-48-32)16(3)30(25)49-17(4)40)22(12-46-34(19)42)39-21(11-36)20-10-18-9-15(2)29(44-6)28(41)23(18)26(27(33)39)38(20)5/h7,9,19-22,25-27,30,33,41H,1,8,10,12-14H2,2-6H3,(H,37,43)/t19?,20-,21?,22-,25?,26+,27?,30?,33+/m0/s1. The van der Waals surface area contributed by atoms with Crippen LogP contribution in [-0.4, -0.2) is 114 Å². The molecule has 9 atom stereocenters. The Morgan fingerprint density at radius 3 is 2.72 bits per heavy atom. The molecule has 4 bridgehead atoms. The molecule has 1 aromatic carbocycles. The zero-order valence-electron chi connectivity index (χ0n) is 28.5. The van der Waals surface area contributed by atoms with Crippen molar-refractivity contribution in [3.63, 3.8) is 0 Å². The van der Waals surface area contributed by atoms with Gasteiger partial charge in [-0.15, -0.1) is 0 Å². The Morgan fingerprint density at radius 2 is 2.02 bits per heavy atom. The number of rotatable bonds is 5. The molecule has 0 aromatic heterocycles. The molecule has 6 heterocycles. The number of nitriles is 1. The third kappa shape index (κ3) is 5.18. The van der Waals surface area contributed by atoms with Gasteiger partial charge in [-0.1, -0.05) is 18.7 Å². The van der Waals surface area contributed by atoms with Crippen molar-refractivity contribution in [2.75, 3.05) is 39.9 Å². The minimum atomic E-state index is -1.08. The van der Waals surface area contributed by atoms with E-state index in [1.807, 2.05) is 27.0 Å². The summed E-state index contributed by atoms with van der Waals surface area (Å²) in [6.45, 7) is 8.36. The van der Waals surface area contributed by atoms with Gasteiger partial charge in [0, 0.05) is 52.6 Å². The molecule has 5 saturated heterocycles. The molecule has 5 fully saturated rings. The number of alkyl carbamates (subject to hydrolysis) is 1. The molecule has 14 nitrogen and oxygen atoms in total. The number of benzene rings is 1. The van der Waals surface area contributed by atoms with Crippen LogP contribution in [0.1, 0.15) is 36.6 Å². The predicted molar refractivity (Wildman–Crippen MR) is 178 cm³/mol. The number of hydrogen-bond donors (Lipinski definition) is 2. The number of nitrogens with zero attached hydrogens (tertiary/aromatic N) is 3. The van der Waals surface area contributed by atoms with Crippen LogP contribution in [0.25, 0.3) is 0 Å². The number of fused-ring (bicyclic) bond motifs is 10. The van der Waals surface area contributed by atoms with Crippen molar-refractivity contribution < 1.29 is 47.9 Å². The third-order valence-electron chi connectivity index (χ3n) is 10.7. The van der Waals surface area contributed by atoms with Crippen LogP contribution in [0.3, 0.4) is 0 Å². The number of thioether (sulfide) groups is 1. The summed E-state index contributed by atoms with van der Waals surface area (Å²) in [5.74, 6) is -0.243. The Balaban J connectivity index is 1.45. The number of aryl methyl sites for hydroxylation is 1.